The van der Waals surface area contributed by atoms with E-state index in [4.69, 9.17) is 14.6 Å². The van der Waals surface area contributed by atoms with Gasteiger partial charge in [-0.25, -0.2) is 4.79 Å². The van der Waals surface area contributed by atoms with E-state index in [0.717, 1.165) is 5.56 Å². The molecule has 1 rings (SSSR count). The van der Waals surface area contributed by atoms with Crippen molar-refractivity contribution in [3.8, 4) is 0 Å². The number of hydrogen-bond acceptors (Lipinski definition) is 3. The fourth-order valence-corrected chi connectivity index (χ4v) is 1.39. The maximum absolute atomic E-state index is 10.8. The molecule has 15 heavy (non-hydrogen) atoms. The molecule has 0 aliphatic heterocycles. The highest BCUT2D eigenvalue weighted by Crippen LogP contribution is 2.18. The van der Waals surface area contributed by atoms with E-state index in [1.165, 1.54) is 7.11 Å². The lowest BCUT2D eigenvalue weighted by molar-refractivity contribution is -0.148. The van der Waals surface area contributed by atoms with Gasteiger partial charge in [0.1, 0.15) is 0 Å². The average molecular weight is 210 g/mol. The van der Waals surface area contributed by atoms with Crippen LogP contribution in [0.2, 0.25) is 0 Å². The molecule has 0 amide bonds. The molecule has 0 aliphatic rings. The average Bonchev–Trinajstić information content (AvgIpc) is 2.19. The first-order valence-electron chi connectivity index (χ1n) is 4.52. The smallest absolute Gasteiger partial charge is 0.337 e. The molecule has 0 fully saturated rings. The summed E-state index contributed by atoms with van der Waals surface area (Å²) in [6, 6.07) is 7.16. The zero-order valence-corrected chi connectivity index (χ0v) is 8.77. The SMILES string of the molecule is COCc1cccc(C(OC)C(=O)O)c1. The number of aliphatic carboxylic acids is 1. The lowest BCUT2D eigenvalue weighted by atomic mass is 10.1. The third kappa shape index (κ3) is 3.04. The predicted molar refractivity (Wildman–Crippen MR) is 54.5 cm³/mol. The molecular weight excluding hydrogens is 196 g/mol. The Hall–Kier alpha value is -1.39. The zero-order valence-electron chi connectivity index (χ0n) is 8.77. The van der Waals surface area contributed by atoms with Gasteiger partial charge in [-0.1, -0.05) is 24.3 Å². The Kier molecular flexibility index (Phi) is 4.27. The molecule has 1 aromatic carbocycles. The summed E-state index contributed by atoms with van der Waals surface area (Å²) in [5, 5.41) is 8.89. The van der Waals surface area contributed by atoms with Gasteiger partial charge in [0.05, 0.1) is 6.61 Å². The zero-order chi connectivity index (χ0) is 11.3. The fourth-order valence-electron chi connectivity index (χ4n) is 1.39. The van der Waals surface area contributed by atoms with Crippen LogP contribution in [0.3, 0.4) is 0 Å². The minimum absolute atomic E-state index is 0.462. The van der Waals surface area contributed by atoms with Crippen molar-refractivity contribution in [3.63, 3.8) is 0 Å². The highest BCUT2D eigenvalue weighted by molar-refractivity contribution is 5.74. The number of methoxy groups -OCH3 is 2. The van der Waals surface area contributed by atoms with Gasteiger partial charge < -0.3 is 14.6 Å². The van der Waals surface area contributed by atoms with Gasteiger partial charge in [0.25, 0.3) is 0 Å². The Morgan fingerprint density at radius 1 is 1.47 bits per heavy atom. The summed E-state index contributed by atoms with van der Waals surface area (Å²) in [4.78, 5) is 10.8. The Labute approximate surface area is 88.4 Å². The number of carbonyl (C=O) groups is 1. The van der Waals surface area contributed by atoms with Gasteiger partial charge in [0.2, 0.25) is 0 Å². The molecule has 1 N–H and O–H groups in total. The highest BCUT2D eigenvalue weighted by Gasteiger charge is 2.18. The first-order chi connectivity index (χ1) is 7.19. The first kappa shape index (κ1) is 11.7. The van der Waals surface area contributed by atoms with E-state index >= 15 is 0 Å². The van der Waals surface area contributed by atoms with E-state index in [1.54, 1.807) is 25.3 Å². The Morgan fingerprint density at radius 3 is 2.73 bits per heavy atom. The highest BCUT2D eigenvalue weighted by atomic mass is 16.5. The quantitative estimate of drug-likeness (QED) is 0.802. The van der Waals surface area contributed by atoms with Gasteiger partial charge >= 0.3 is 5.97 Å². The van der Waals surface area contributed by atoms with Gasteiger partial charge in [-0.15, -0.1) is 0 Å². The predicted octanol–water partition coefficient (Wildman–Crippen LogP) is 1.61. The number of ether oxygens (including phenoxy) is 2. The lowest BCUT2D eigenvalue weighted by Gasteiger charge is -2.11. The molecule has 0 saturated carbocycles. The summed E-state index contributed by atoms with van der Waals surface area (Å²) < 4.78 is 9.86. The summed E-state index contributed by atoms with van der Waals surface area (Å²) in [7, 11) is 2.97. The van der Waals surface area contributed by atoms with Crippen molar-refractivity contribution >= 4 is 5.97 Å². The number of benzene rings is 1. The van der Waals surface area contributed by atoms with Crippen LogP contribution in [0.25, 0.3) is 0 Å². The molecule has 0 saturated heterocycles. The van der Waals surface area contributed by atoms with Crippen molar-refractivity contribution in [1.29, 1.82) is 0 Å². The van der Waals surface area contributed by atoms with E-state index in [0.29, 0.717) is 12.2 Å². The summed E-state index contributed by atoms with van der Waals surface area (Å²) in [5.74, 6) is -0.993. The third-order valence-corrected chi connectivity index (χ3v) is 2.02. The van der Waals surface area contributed by atoms with Crippen LogP contribution in [0.5, 0.6) is 0 Å². The van der Waals surface area contributed by atoms with Gasteiger partial charge in [-0.05, 0) is 11.1 Å². The van der Waals surface area contributed by atoms with E-state index in [-0.39, 0.29) is 0 Å². The second kappa shape index (κ2) is 5.48. The van der Waals surface area contributed by atoms with Crippen LogP contribution in [0.1, 0.15) is 17.2 Å². The fraction of sp³-hybridized carbons (Fsp3) is 0.364. The molecular formula is C11H14O4. The maximum atomic E-state index is 10.8. The van der Waals surface area contributed by atoms with E-state index in [1.807, 2.05) is 6.07 Å². The first-order valence-corrected chi connectivity index (χ1v) is 4.52. The molecule has 0 bridgehead atoms. The Morgan fingerprint density at radius 2 is 2.20 bits per heavy atom. The topological polar surface area (TPSA) is 55.8 Å². The molecule has 0 aromatic heterocycles. The summed E-state index contributed by atoms with van der Waals surface area (Å²) in [5.41, 5.74) is 1.55. The molecule has 1 unspecified atom stereocenters. The van der Waals surface area contributed by atoms with Crippen molar-refractivity contribution in [2.75, 3.05) is 14.2 Å². The van der Waals surface area contributed by atoms with Crippen molar-refractivity contribution in [3.05, 3.63) is 35.4 Å². The largest absolute Gasteiger partial charge is 0.479 e. The summed E-state index contributed by atoms with van der Waals surface area (Å²) in [6.45, 7) is 0.462. The summed E-state index contributed by atoms with van der Waals surface area (Å²) >= 11 is 0. The van der Waals surface area contributed by atoms with Crippen LogP contribution >= 0.6 is 0 Å². The van der Waals surface area contributed by atoms with Gasteiger partial charge in [0, 0.05) is 14.2 Å². The Balaban J connectivity index is 2.92. The molecule has 4 heteroatoms. The molecule has 1 aromatic rings. The number of hydrogen-bond donors (Lipinski definition) is 1. The number of carboxylic acids is 1. The van der Waals surface area contributed by atoms with E-state index < -0.39 is 12.1 Å². The van der Waals surface area contributed by atoms with Gasteiger partial charge in [0.15, 0.2) is 6.10 Å². The standard InChI is InChI=1S/C11H14O4/c1-14-7-8-4-3-5-9(6-8)10(15-2)11(12)13/h3-6,10H,7H2,1-2H3,(H,12,13). The minimum Gasteiger partial charge on any atom is -0.479 e. The molecule has 1 atom stereocenters. The van der Waals surface area contributed by atoms with E-state index in [9.17, 15) is 4.79 Å². The van der Waals surface area contributed by atoms with Crippen LogP contribution in [0, 0.1) is 0 Å². The Bertz CT molecular complexity index is 335. The summed E-state index contributed by atoms with van der Waals surface area (Å²) in [6.07, 6.45) is -0.915. The van der Waals surface area contributed by atoms with Crippen LogP contribution in [-0.4, -0.2) is 25.3 Å². The number of carboxylic acid groups (broad SMARTS) is 1. The second-order valence-electron chi connectivity index (χ2n) is 3.13. The maximum Gasteiger partial charge on any atom is 0.337 e. The van der Waals surface area contributed by atoms with Crippen molar-refractivity contribution in [2.24, 2.45) is 0 Å². The molecule has 0 aliphatic carbocycles. The number of rotatable bonds is 5. The molecule has 4 nitrogen and oxygen atoms in total. The van der Waals surface area contributed by atoms with E-state index in [2.05, 4.69) is 0 Å². The molecule has 82 valence electrons. The minimum atomic E-state index is -0.993. The monoisotopic (exact) mass is 210 g/mol. The normalized spacial score (nSPS) is 12.4. The molecule has 0 radical (unpaired) electrons. The van der Waals surface area contributed by atoms with Gasteiger partial charge in [-0.3, -0.25) is 0 Å². The van der Waals surface area contributed by atoms with Crippen molar-refractivity contribution in [2.45, 2.75) is 12.7 Å². The van der Waals surface area contributed by atoms with Crippen LogP contribution in [0.4, 0.5) is 0 Å². The lowest BCUT2D eigenvalue weighted by Crippen LogP contribution is -2.13. The van der Waals surface area contributed by atoms with Gasteiger partial charge in [-0.2, -0.15) is 0 Å². The third-order valence-electron chi connectivity index (χ3n) is 2.02. The van der Waals surface area contributed by atoms with Crippen molar-refractivity contribution < 1.29 is 19.4 Å². The molecule has 0 heterocycles. The molecule has 0 spiro atoms. The second-order valence-corrected chi connectivity index (χ2v) is 3.13. The van der Waals surface area contributed by atoms with Crippen LogP contribution in [0.15, 0.2) is 24.3 Å². The van der Waals surface area contributed by atoms with Crippen molar-refractivity contribution in [1.82, 2.24) is 0 Å². The van der Waals surface area contributed by atoms with Crippen LogP contribution in [-0.2, 0) is 20.9 Å². The van der Waals surface area contributed by atoms with Crippen LogP contribution < -0.4 is 0 Å².